The number of likely N-dealkylation sites (N-methyl/N-ethyl adjacent to an activating group) is 1. The van der Waals surface area contributed by atoms with Gasteiger partial charge in [0.15, 0.2) is 0 Å². The Morgan fingerprint density at radius 3 is 2.50 bits per heavy atom. The quantitative estimate of drug-likeness (QED) is 0.382. The van der Waals surface area contributed by atoms with Crippen molar-refractivity contribution in [2.45, 2.75) is 0 Å². The first-order chi connectivity index (χ1) is 12.2. The van der Waals surface area contributed by atoms with Crippen LogP contribution in [0.1, 0.15) is 0 Å². The van der Waals surface area contributed by atoms with Crippen LogP contribution in [0.2, 0.25) is 0 Å². The summed E-state index contributed by atoms with van der Waals surface area (Å²) in [5.74, 6) is 0.837. The van der Waals surface area contributed by atoms with Crippen molar-refractivity contribution >= 4 is 37.6 Å². The molecule has 0 bridgehead atoms. The van der Waals surface area contributed by atoms with Crippen molar-refractivity contribution in [3.63, 3.8) is 0 Å². The second-order valence-corrected chi connectivity index (χ2v) is 8.70. The minimum atomic E-state index is -3.97. The number of nitrogens with zero attached hydrogens (tertiary/aromatic N) is 7. The van der Waals surface area contributed by atoms with Crippen LogP contribution in [0.15, 0.2) is 18.6 Å². The normalized spacial score (nSPS) is 16.4. The van der Waals surface area contributed by atoms with Crippen molar-refractivity contribution in [3.8, 4) is 11.4 Å². The van der Waals surface area contributed by atoms with Crippen LogP contribution in [0.4, 0.5) is 5.82 Å². The number of hydrogen-bond acceptors (Lipinski definition) is 9. The molecule has 1 atom stereocenters. The summed E-state index contributed by atoms with van der Waals surface area (Å²) < 4.78 is 30.6. The molecule has 0 N–H and O–H groups in total. The van der Waals surface area contributed by atoms with E-state index in [1.165, 1.54) is 43.5 Å². The van der Waals surface area contributed by atoms with E-state index in [2.05, 4.69) is 31.8 Å². The van der Waals surface area contributed by atoms with Crippen LogP contribution in [-0.4, -0.2) is 101 Å². The van der Waals surface area contributed by atoms with Crippen molar-refractivity contribution in [2.75, 3.05) is 52.2 Å². The Kier molecular flexibility index (Phi) is 5.63. The molecule has 0 aromatic carbocycles. The Hall–Kier alpha value is -1.52. The van der Waals surface area contributed by atoms with Gasteiger partial charge < -0.3 is 0 Å². The van der Waals surface area contributed by atoms with Crippen molar-refractivity contribution < 1.29 is 12.7 Å². The summed E-state index contributed by atoms with van der Waals surface area (Å²) in [5, 5.41) is 1.11. The fourth-order valence-corrected chi connectivity index (χ4v) is 3.98. The molecule has 1 aliphatic rings. The molecule has 0 amide bonds. The summed E-state index contributed by atoms with van der Waals surface area (Å²) in [7, 11) is 1.12. The van der Waals surface area contributed by atoms with Crippen molar-refractivity contribution in [1.82, 2.24) is 28.9 Å². The Morgan fingerprint density at radius 2 is 1.85 bits per heavy atom. The zero-order valence-electron chi connectivity index (χ0n) is 14.9. The van der Waals surface area contributed by atoms with Crippen LogP contribution in [-0.2, 0) is 14.6 Å². The van der Waals surface area contributed by atoms with E-state index in [4.69, 9.17) is 4.28 Å². The number of hydroxylamine groups is 2. The summed E-state index contributed by atoms with van der Waals surface area (Å²) in [4.78, 5) is 17.6. The summed E-state index contributed by atoms with van der Waals surface area (Å²) in [6.07, 6.45) is 2.59. The molecule has 0 radical (unpaired) electrons. The summed E-state index contributed by atoms with van der Waals surface area (Å²) >= 11 is 1.31. The van der Waals surface area contributed by atoms with E-state index in [1.54, 1.807) is 0 Å². The zero-order valence-corrected chi connectivity index (χ0v) is 18.1. The number of aromatic nitrogens is 4. The average Bonchev–Trinajstić information content (AvgIpc) is 3.05. The molecule has 26 heavy (non-hydrogen) atoms. The Labute approximate surface area is 161 Å². The molecule has 1 saturated heterocycles. The predicted octanol–water partition coefficient (Wildman–Crippen LogP) is -2.06. The van der Waals surface area contributed by atoms with E-state index in [-0.39, 0.29) is 0 Å². The van der Waals surface area contributed by atoms with Crippen molar-refractivity contribution in [2.24, 2.45) is 0 Å². The summed E-state index contributed by atoms with van der Waals surface area (Å²) in [5.41, 5.74) is 1.04. The van der Waals surface area contributed by atoms with Gasteiger partial charge in [-0.2, -0.15) is 0 Å². The van der Waals surface area contributed by atoms with E-state index < -0.39 is 10.3 Å². The van der Waals surface area contributed by atoms with Crippen LogP contribution in [0, 0.1) is 0 Å². The minimum absolute atomic E-state index is 0.451. The maximum absolute atomic E-state index is 12.1. The van der Waals surface area contributed by atoms with Crippen LogP contribution in [0.5, 0.6) is 0 Å². The third-order valence-electron chi connectivity index (χ3n) is 3.88. The zero-order chi connectivity index (χ0) is 18.9. The van der Waals surface area contributed by atoms with Crippen LogP contribution in [0.3, 0.4) is 0 Å². The first kappa shape index (κ1) is 19.2. The summed E-state index contributed by atoms with van der Waals surface area (Å²) in [6, 6.07) is 1.85. The average molecular weight is 443 g/mol. The van der Waals surface area contributed by atoms with Gasteiger partial charge in [0.2, 0.25) is 0 Å². The van der Waals surface area contributed by atoms with Gasteiger partial charge in [-0.1, -0.05) is 0 Å². The third-order valence-corrected chi connectivity index (χ3v) is 5.63. The number of hydrogen-bond donors (Lipinski definition) is 0. The molecular weight excluding hydrogens is 421 g/mol. The maximum atomic E-state index is 12.1. The van der Waals surface area contributed by atoms with Gasteiger partial charge in [-0.3, -0.25) is 0 Å². The van der Waals surface area contributed by atoms with Crippen molar-refractivity contribution in [1.29, 1.82) is 0 Å². The Morgan fingerprint density at radius 1 is 1.15 bits per heavy atom. The number of imidazole rings is 1. The van der Waals surface area contributed by atoms with Gasteiger partial charge in [-0.25, -0.2) is 0 Å². The molecule has 142 valence electrons. The second kappa shape index (κ2) is 7.61. The first-order valence-corrected chi connectivity index (χ1v) is 10.6. The Bertz CT molecular complexity index is 878. The fraction of sp³-hybridized carbons (Fsp3) is 0.500. The van der Waals surface area contributed by atoms with Gasteiger partial charge >= 0.3 is 161 Å². The molecule has 1 unspecified atom stereocenters. The van der Waals surface area contributed by atoms with Crippen LogP contribution in [0.25, 0.3) is 11.4 Å². The van der Waals surface area contributed by atoms with Gasteiger partial charge in [0.25, 0.3) is 0 Å². The molecule has 1 aliphatic heterocycles. The molecule has 10 nitrogen and oxygen atoms in total. The monoisotopic (exact) mass is 443 g/mol. The fourth-order valence-electron chi connectivity index (χ4n) is 2.57. The molecule has 0 aliphatic carbocycles. The van der Waals surface area contributed by atoms with Gasteiger partial charge in [0.05, 0.1) is 0 Å². The van der Waals surface area contributed by atoms with E-state index in [0.717, 1.165) is 41.0 Å². The van der Waals surface area contributed by atoms with Gasteiger partial charge in [-0.05, 0) is 0 Å². The topological polar surface area (TPSA) is 96.7 Å². The van der Waals surface area contributed by atoms with E-state index in [0.29, 0.717) is 16.0 Å². The summed E-state index contributed by atoms with van der Waals surface area (Å²) in [6.45, 7) is 3.72. The molecule has 0 spiro atoms. The molecule has 1 fully saturated rings. The molecular formula is C14H22AsN7O3S. The van der Waals surface area contributed by atoms with Crippen LogP contribution < -0.4 is 9.51 Å². The first-order valence-electron chi connectivity index (χ1n) is 7.99. The standard InChI is InChI=1S/C14H22AsN7O3S/c1-19(2)25-26(23,24)22-9-12(16-10-22)11-8-13(18-14(15)17-11)21-6-4-20(3)5-7-21/h8-10H,4-7,15H2,1-3H3. The molecule has 0 saturated carbocycles. The van der Waals surface area contributed by atoms with E-state index in [9.17, 15) is 8.42 Å². The van der Waals surface area contributed by atoms with Crippen LogP contribution >= 0.6 is 0 Å². The second-order valence-electron chi connectivity index (χ2n) is 6.19. The number of rotatable bonds is 5. The van der Waals surface area contributed by atoms with E-state index >= 15 is 0 Å². The number of anilines is 1. The molecule has 2 aromatic heterocycles. The third kappa shape index (κ3) is 4.41. The van der Waals surface area contributed by atoms with Crippen molar-refractivity contribution in [3.05, 3.63) is 18.6 Å². The van der Waals surface area contributed by atoms with Gasteiger partial charge in [-0.15, -0.1) is 0 Å². The molecule has 3 rings (SSSR count). The predicted molar refractivity (Wildman–Crippen MR) is 100 cm³/mol. The SMILES string of the molecule is CN1CCN(c2cc(-c3cn(S(=O)(=O)ON(C)C)cn3)nc([AsH2])n2)CC1. The Balaban J connectivity index is 1.88. The molecule has 3 heterocycles. The van der Waals surface area contributed by atoms with Gasteiger partial charge in [0, 0.05) is 0 Å². The van der Waals surface area contributed by atoms with E-state index in [1.807, 2.05) is 6.07 Å². The number of piperazine rings is 1. The molecule has 2 aromatic rings. The molecule has 12 heteroatoms. The van der Waals surface area contributed by atoms with Gasteiger partial charge in [0.1, 0.15) is 0 Å².